The van der Waals surface area contributed by atoms with Crippen LogP contribution in [0.2, 0.25) is 0 Å². The summed E-state index contributed by atoms with van der Waals surface area (Å²) in [6.45, 7) is 3.78. The van der Waals surface area contributed by atoms with Gasteiger partial charge in [0.25, 0.3) is 0 Å². The number of carbonyl (C=O) groups is 2. The summed E-state index contributed by atoms with van der Waals surface area (Å²) in [7, 11) is 1.66. The number of piperidine rings is 1. The van der Waals surface area contributed by atoms with Crippen molar-refractivity contribution in [1.29, 1.82) is 0 Å². The standard InChI is InChI=1S/C27H34N2O3/c1-20-6-3-4-8-24(20)22-7-5-17-29(19-22)26(31)14-16-27(15-13-25(30)28-27)18-21-9-11-23(32-2)12-10-21/h3-4,6,8-12,22H,5,7,13-19H2,1-2H3,(H,28,30). The minimum absolute atomic E-state index is 0.0866. The second-order valence-electron chi connectivity index (χ2n) is 9.39. The molecule has 2 aliphatic rings. The third kappa shape index (κ3) is 5.14. The van der Waals surface area contributed by atoms with E-state index in [2.05, 4.69) is 36.5 Å². The lowest BCUT2D eigenvalue weighted by Crippen LogP contribution is -2.45. The van der Waals surface area contributed by atoms with Gasteiger partial charge in [0.15, 0.2) is 0 Å². The fourth-order valence-corrected chi connectivity index (χ4v) is 5.32. The summed E-state index contributed by atoms with van der Waals surface area (Å²) < 4.78 is 5.26. The molecule has 0 saturated carbocycles. The Bertz CT molecular complexity index is 956. The molecule has 4 rings (SSSR count). The van der Waals surface area contributed by atoms with E-state index in [9.17, 15) is 9.59 Å². The fraction of sp³-hybridized carbons (Fsp3) is 0.481. The fourth-order valence-electron chi connectivity index (χ4n) is 5.32. The van der Waals surface area contributed by atoms with Crippen LogP contribution in [-0.4, -0.2) is 42.5 Å². The number of aryl methyl sites for hydroxylation is 1. The van der Waals surface area contributed by atoms with Gasteiger partial charge in [-0.05, 0) is 67.9 Å². The number of rotatable bonds is 7. The third-order valence-corrected chi connectivity index (χ3v) is 7.16. The van der Waals surface area contributed by atoms with Gasteiger partial charge >= 0.3 is 0 Å². The predicted octanol–water partition coefficient (Wildman–Crippen LogP) is 4.38. The summed E-state index contributed by atoms with van der Waals surface area (Å²) in [5.74, 6) is 1.53. The van der Waals surface area contributed by atoms with Crippen LogP contribution in [0.25, 0.3) is 0 Å². The molecule has 5 heteroatoms. The second-order valence-corrected chi connectivity index (χ2v) is 9.39. The van der Waals surface area contributed by atoms with Crippen LogP contribution >= 0.6 is 0 Å². The maximum absolute atomic E-state index is 13.2. The maximum atomic E-state index is 13.2. The molecule has 2 unspecified atom stereocenters. The third-order valence-electron chi connectivity index (χ3n) is 7.16. The van der Waals surface area contributed by atoms with E-state index in [0.717, 1.165) is 50.1 Å². The molecule has 32 heavy (non-hydrogen) atoms. The van der Waals surface area contributed by atoms with Crippen LogP contribution in [0.3, 0.4) is 0 Å². The van der Waals surface area contributed by atoms with Crippen LogP contribution in [0.1, 0.15) is 61.1 Å². The number of likely N-dealkylation sites (tertiary alicyclic amines) is 1. The molecule has 2 amide bonds. The zero-order chi connectivity index (χ0) is 22.6. The molecule has 2 aromatic carbocycles. The minimum Gasteiger partial charge on any atom is -0.497 e. The van der Waals surface area contributed by atoms with Gasteiger partial charge in [-0.1, -0.05) is 36.4 Å². The summed E-state index contributed by atoms with van der Waals surface area (Å²) in [6, 6.07) is 16.5. The SMILES string of the molecule is COc1ccc(CC2(CCC(=O)N3CCCC(c4ccccc4C)C3)CCC(=O)N2)cc1. The Morgan fingerprint density at radius 1 is 1.19 bits per heavy atom. The maximum Gasteiger partial charge on any atom is 0.222 e. The van der Waals surface area contributed by atoms with Crippen molar-refractivity contribution in [2.75, 3.05) is 20.2 Å². The lowest BCUT2D eigenvalue weighted by atomic mass is 9.84. The van der Waals surface area contributed by atoms with Crippen LogP contribution in [0.15, 0.2) is 48.5 Å². The molecular weight excluding hydrogens is 400 g/mol. The van der Waals surface area contributed by atoms with Crippen LogP contribution < -0.4 is 10.1 Å². The van der Waals surface area contributed by atoms with Crippen LogP contribution in [0, 0.1) is 6.92 Å². The molecule has 0 aromatic heterocycles. The lowest BCUT2D eigenvalue weighted by molar-refractivity contribution is -0.133. The van der Waals surface area contributed by atoms with Gasteiger partial charge in [0.1, 0.15) is 5.75 Å². The largest absolute Gasteiger partial charge is 0.497 e. The smallest absolute Gasteiger partial charge is 0.222 e. The molecule has 0 bridgehead atoms. The first-order valence-electron chi connectivity index (χ1n) is 11.8. The Morgan fingerprint density at radius 2 is 1.97 bits per heavy atom. The minimum atomic E-state index is -0.341. The van der Waals surface area contributed by atoms with E-state index in [1.54, 1.807) is 7.11 Å². The second kappa shape index (κ2) is 9.76. The molecule has 2 aliphatic heterocycles. The molecular formula is C27H34N2O3. The first-order valence-corrected chi connectivity index (χ1v) is 11.8. The molecule has 0 radical (unpaired) electrons. The summed E-state index contributed by atoms with van der Waals surface area (Å²) >= 11 is 0. The number of hydrogen-bond donors (Lipinski definition) is 1. The average Bonchev–Trinajstić information content (AvgIpc) is 3.19. The van der Waals surface area contributed by atoms with E-state index in [-0.39, 0.29) is 17.4 Å². The zero-order valence-electron chi connectivity index (χ0n) is 19.2. The highest BCUT2D eigenvalue weighted by atomic mass is 16.5. The van der Waals surface area contributed by atoms with Crippen LogP contribution in [0.5, 0.6) is 5.75 Å². The number of benzene rings is 2. The van der Waals surface area contributed by atoms with Gasteiger partial charge in [0, 0.05) is 37.4 Å². The predicted molar refractivity (Wildman–Crippen MR) is 126 cm³/mol. The molecule has 2 atom stereocenters. The normalized spacial score (nSPS) is 23.1. The van der Waals surface area contributed by atoms with Crippen molar-refractivity contribution in [2.45, 2.75) is 63.3 Å². The van der Waals surface area contributed by atoms with Gasteiger partial charge in [-0.15, -0.1) is 0 Å². The van der Waals surface area contributed by atoms with E-state index >= 15 is 0 Å². The quantitative estimate of drug-likeness (QED) is 0.704. The highest BCUT2D eigenvalue weighted by Crippen LogP contribution is 2.32. The Kier molecular flexibility index (Phi) is 6.83. The molecule has 2 fully saturated rings. The molecule has 0 aliphatic carbocycles. The van der Waals surface area contributed by atoms with Crippen LogP contribution in [-0.2, 0) is 16.0 Å². The Labute approximate surface area is 191 Å². The van der Waals surface area contributed by atoms with E-state index in [0.29, 0.717) is 25.2 Å². The molecule has 170 valence electrons. The van der Waals surface area contributed by atoms with Gasteiger partial charge in [0.05, 0.1) is 7.11 Å². The van der Waals surface area contributed by atoms with Crippen molar-refractivity contribution in [3.63, 3.8) is 0 Å². The van der Waals surface area contributed by atoms with Crippen molar-refractivity contribution in [3.8, 4) is 5.75 Å². The molecule has 2 heterocycles. The van der Waals surface area contributed by atoms with Gasteiger partial charge < -0.3 is 15.0 Å². The number of nitrogens with one attached hydrogen (secondary N) is 1. The highest BCUT2D eigenvalue weighted by Gasteiger charge is 2.38. The molecule has 5 nitrogen and oxygen atoms in total. The van der Waals surface area contributed by atoms with Crippen molar-refractivity contribution < 1.29 is 14.3 Å². The van der Waals surface area contributed by atoms with E-state index < -0.39 is 0 Å². The van der Waals surface area contributed by atoms with Gasteiger partial charge in [0.2, 0.25) is 11.8 Å². The van der Waals surface area contributed by atoms with Crippen molar-refractivity contribution >= 4 is 11.8 Å². The highest BCUT2D eigenvalue weighted by molar-refractivity contribution is 5.80. The number of amides is 2. The van der Waals surface area contributed by atoms with E-state index in [4.69, 9.17) is 4.74 Å². The number of hydrogen-bond acceptors (Lipinski definition) is 3. The first-order chi connectivity index (χ1) is 15.5. The van der Waals surface area contributed by atoms with E-state index in [1.807, 2.05) is 29.2 Å². The Balaban J connectivity index is 1.40. The number of ether oxygens (including phenoxy) is 1. The van der Waals surface area contributed by atoms with Gasteiger partial charge in [-0.25, -0.2) is 0 Å². The van der Waals surface area contributed by atoms with Crippen LogP contribution in [0.4, 0.5) is 0 Å². The average molecular weight is 435 g/mol. The first kappa shape index (κ1) is 22.4. The molecule has 0 spiro atoms. The molecule has 1 N–H and O–H groups in total. The Hall–Kier alpha value is -2.82. The van der Waals surface area contributed by atoms with Gasteiger partial charge in [-0.3, -0.25) is 9.59 Å². The lowest BCUT2D eigenvalue weighted by Gasteiger charge is -2.35. The van der Waals surface area contributed by atoms with Crippen molar-refractivity contribution in [3.05, 3.63) is 65.2 Å². The molecule has 2 aromatic rings. The van der Waals surface area contributed by atoms with Gasteiger partial charge in [-0.2, -0.15) is 0 Å². The van der Waals surface area contributed by atoms with Crippen molar-refractivity contribution in [1.82, 2.24) is 10.2 Å². The zero-order valence-corrected chi connectivity index (χ0v) is 19.2. The number of nitrogens with zero attached hydrogens (tertiary/aromatic N) is 1. The summed E-state index contributed by atoms with van der Waals surface area (Å²) in [4.78, 5) is 27.3. The van der Waals surface area contributed by atoms with Crippen molar-refractivity contribution in [2.24, 2.45) is 0 Å². The number of methoxy groups -OCH3 is 1. The molecule has 2 saturated heterocycles. The summed E-state index contributed by atoms with van der Waals surface area (Å²) in [5.41, 5.74) is 3.48. The topological polar surface area (TPSA) is 58.6 Å². The number of carbonyl (C=O) groups excluding carboxylic acids is 2. The van der Waals surface area contributed by atoms with E-state index in [1.165, 1.54) is 11.1 Å². The summed E-state index contributed by atoms with van der Waals surface area (Å²) in [6.07, 6.45) is 5.36. The Morgan fingerprint density at radius 3 is 2.66 bits per heavy atom. The summed E-state index contributed by atoms with van der Waals surface area (Å²) in [5, 5.41) is 3.20. The monoisotopic (exact) mass is 434 g/mol.